The smallest absolute Gasteiger partial charge is 0.225 e. The van der Waals surface area contributed by atoms with Crippen molar-refractivity contribution in [1.29, 1.82) is 0 Å². The van der Waals surface area contributed by atoms with E-state index in [0.29, 0.717) is 0 Å². The van der Waals surface area contributed by atoms with Gasteiger partial charge in [0.1, 0.15) is 5.82 Å². The van der Waals surface area contributed by atoms with Gasteiger partial charge in [0.25, 0.3) is 0 Å². The third-order valence-electron chi connectivity index (χ3n) is 2.84. The molecule has 0 spiro atoms. The maximum absolute atomic E-state index is 13.4. The summed E-state index contributed by atoms with van der Waals surface area (Å²) in [6.07, 6.45) is 1.06. The number of hydrogen-bond donors (Lipinski definition) is 1. The average Bonchev–Trinajstić information content (AvgIpc) is 2.28. The number of anilines is 1. The fourth-order valence-corrected chi connectivity index (χ4v) is 3.39. The summed E-state index contributed by atoms with van der Waals surface area (Å²) in [6.45, 7) is 5.30. The van der Waals surface area contributed by atoms with Gasteiger partial charge in [0.05, 0.1) is 11.9 Å². The molecule has 0 aliphatic heterocycles. The summed E-state index contributed by atoms with van der Waals surface area (Å²) in [5, 5.41) is 2.43. The Bertz CT molecular complexity index is 609. The molecule has 0 saturated carbocycles. The van der Waals surface area contributed by atoms with Crippen LogP contribution in [0.1, 0.15) is 27.2 Å². The van der Waals surface area contributed by atoms with Crippen LogP contribution in [0.4, 0.5) is 10.1 Å². The van der Waals surface area contributed by atoms with Gasteiger partial charge in [-0.25, -0.2) is 12.8 Å². The quantitative estimate of drug-likeness (QED) is 0.906. The van der Waals surface area contributed by atoms with E-state index in [9.17, 15) is 17.6 Å². The second kappa shape index (κ2) is 6.53. The maximum Gasteiger partial charge on any atom is 0.225 e. The summed E-state index contributed by atoms with van der Waals surface area (Å²) >= 11 is 0. The number of carbonyl (C=O) groups is 1. The van der Waals surface area contributed by atoms with Gasteiger partial charge in [0.15, 0.2) is 0 Å². The van der Waals surface area contributed by atoms with Gasteiger partial charge < -0.3 is 5.32 Å². The number of nitrogens with one attached hydrogen (secondary N) is 1. The number of nitrogens with zero attached hydrogens (tertiary/aromatic N) is 1. The second-order valence-corrected chi connectivity index (χ2v) is 7.69. The lowest BCUT2D eigenvalue weighted by molar-refractivity contribution is -0.116. The van der Waals surface area contributed by atoms with Gasteiger partial charge in [-0.1, -0.05) is 12.1 Å². The van der Waals surface area contributed by atoms with Crippen LogP contribution in [0.3, 0.4) is 0 Å². The van der Waals surface area contributed by atoms with Crippen LogP contribution in [-0.4, -0.2) is 37.0 Å². The van der Waals surface area contributed by atoms with Crippen molar-refractivity contribution in [3.8, 4) is 0 Å². The Labute approximate surface area is 125 Å². The first-order chi connectivity index (χ1) is 9.51. The molecule has 1 aromatic rings. The number of para-hydroxylation sites is 1. The SMILES string of the molecule is CC(C)(C)N(CCC(=O)Nc1ccccc1F)S(C)(=O)=O. The maximum atomic E-state index is 13.4. The highest BCUT2D eigenvalue weighted by Gasteiger charge is 2.29. The minimum absolute atomic E-state index is 0.0430. The monoisotopic (exact) mass is 316 g/mol. The van der Waals surface area contributed by atoms with E-state index in [-0.39, 0.29) is 18.7 Å². The molecule has 118 valence electrons. The van der Waals surface area contributed by atoms with E-state index < -0.39 is 27.3 Å². The minimum atomic E-state index is -3.42. The Kier molecular flexibility index (Phi) is 5.47. The van der Waals surface area contributed by atoms with E-state index in [1.807, 2.05) is 0 Å². The first kappa shape index (κ1) is 17.6. The molecule has 1 amide bonds. The zero-order valence-electron chi connectivity index (χ0n) is 12.7. The van der Waals surface area contributed by atoms with E-state index in [1.165, 1.54) is 22.5 Å². The molecule has 7 heteroatoms. The molecule has 0 bridgehead atoms. The van der Waals surface area contributed by atoms with E-state index in [1.54, 1.807) is 26.8 Å². The molecule has 0 fully saturated rings. The number of benzene rings is 1. The Morgan fingerprint density at radius 1 is 1.29 bits per heavy atom. The molecular formula is C14H21FN2O3S. The summed E-state index contributed by atoms with van der Waals surface area (Å²) in [5.41, 5.74) is -0.532. The molecule has 0 aliphatic rings. The van der Waals surface area contributed by atoms with Crippen molar-refractivity contribution in [2.24, 2.45) is 0 Å². The first-order valence-electron chi connectivity index (χ1n) is 6.54. The molecule has 0 aliphatic carbocycles. The summed E-state index contributed by atoms with van der Waals surface area (Å²) in [4.78, 5) is 11.8. The Morgan fingerprint density at radius 2 is 1.86 bits per heavy atom. The van der Waals surface area contributed by atoms with Crippen LogP contribution < -0.4 is 5.32 Å². The lowest BCUT2D eigenvalue weighted by Crippen LogP contribution is -2.46. The van der Waals surface area contributed by atoms with Crippen molar-refractivity contribution in [1.82, 2.24) is 4.31 Å². The van der Waals surface area contributed by atoms with Crippen LogP contribution in [0.2, 0.25) is 0 Å². The third-order valence-corrected chi connectivity index (χ3v) is 4.37. The van der Waals surface area contributed by atoms with Gasteiger partial charge in [-0.05, 0) is 32.9 Å². The van der Waals surface area contributed by atoms with Crippen molar-refractivity contribution < 1.29 is 17.6 Å². The molecule has 0 unspecified atom stereocenters. The molecule has 0 atom stereocenters. The van der Waals surface area contributed by atoms with Crippen LogP contribution in [0, 0.1) is 5.82 Å². The average molecular weight is 316 g/mol. The van der Waals surface area contributed by atoms with Crippen molar-refractivity contribution >= 4 is 21.6 Å². The largest absolute Gasteiger partial charge is 0.324 e. The van der Waals surface area contributed by atoms with Crippen molar-refractivity contribution in [2.45, 2.75) is 32.7 Å². The van der Waals surface area contributed by atoms with Gasteiger partial charge in [0.2, 0.25) is 15.9 Å². The molecule has 0 heterocycles. The molecule has 1 rings (SSSR count). The van der Waals surface area contributed by atoms with Crippen molar-refractivity contribution in [3.05, 3.63) is 30.1 Å². The third kappa shape index (κ3) is 5.43. The highest BCUT2D eigenvalue weighted by atomic mass is 32.2. The van der Waals surface area contributed by atoms with E-state index in [0.717, 1.165) is 6.26 Å². The highest BCUT2D eigenvalue weighted by Crippen LogP contribution is 2.18. The van der Waals surface area contributed by atoms with Gasteiger partial charge in [0, 0.05) is 18.5 Å². The number of amides is 1. The fourth-order valence-electron chi connectivity index (χ4n) is 1.98. The fraction of sp³-hybridized carbons (Fsp3) is 0.500. The van der Waals surface area contributed by atoms with Crippen molar-refractivity contribution in [3.63, 3.8) is 0 Å². The number of hydrogen-bond acceptors (Lipinski definition) is 3. The number of halogens is 1. The van der Waals surface area contributed by atoms with Gasteiger partial charge in [-0.3, -0.25) is 4.79 Å². The first-order valence-corrected chi connectivity index (χ1v) is 8.39. The number of sulfonamides is 1. The zero-order chi connectivity index (χ0) is 16.3. The van der Waals surface area contributed by atoms with Crippen LogP contribution in [0.15, 0.2) is 24.3 Å². The Hall–Kier alpha value is -1.47. The van der Waals surface area contributed by atoms with Crippen LogP contribution in [0.5, 0.6) is 0 Å². The zero-order valence-corrected chi connectivity index (χ0v) is 13.5. The van der Waals surface area contributed by atoms with Gasteiger partial charge >= 0.3 is 0 Å². The van der Waals surface area contributed by atoms with E-state index in [2.05, 4.69) is 5.32 Å². The van der Waals surface area contributed by atoms with Crippen LogP contribution in [0.25, 0.3) is 0 Å². The Balaban J connectivity index is 2.69. The van der Waals surface area contributed by atoms with E-state index in [4.69, 9.17) is 0 Å². The predicted molar refractivity (Wildman–Crippen MR) is 80.9 cm³/mol. The second-order valence-electron chi connectivity index (χ2n) is 5.78. The molecule has 0 aromatic heterocycles. The van der Waals surface area contributed by atoms with Gasteiger partial charge in [-0.15, -0.1) is 0 Å². The molecular weight excluding hydrogens is 295 g/mol. The predicted octanol–water partition coefficient (Wildman–Crippen LogP) is 2.21. The van der Waals surface area contributed by atoms with Gasteiger partial charge in [-0.2, -0.15) is 4.31 Å². The Morgan fingerprint density at radius 3 is 2.33 bits per heavy atom. The minimum Gasteiger partial charge on any atom is -0.324 e. The van der Waals surface area contributed by atoms with Crippen molar-refractivity contribution in [2.75, 3.05) is 18.1 Å². The summed E-state index contributed by atoms with van der Waals surface area (Å²) in [6, 6.07) is 5.82. The van der Waals surface area contributed by atoms with E-state index >= 15 is 0 Å². The molecule has 1 aromatic carbocycles. The normalized spacial score (nSPS) is 12.5. The highest BCUT2D eigenvalue weighted by molar-refractivity contribution is 7.88. The summed E-state index contributed by atoms with van der Waals surface area (Å²) in [7, 11) is -3.42. The summed E-state index contributed by atoms with van der Waals surface area (Å²) in [5.74, 6) is -0.959. The molecule has 1 N–H and O–H groups in total. The van der Waals surface area contributed by atoms with Crippen LogP contribution in [-0.2, 0) is 14.8 Å². The number of rotatable bonds is 5. The lowest BCUT2D eigenvalue weighted by Gasteiger charge is -2.33. The molecule has 0 radical (unpaired) electrons. The topological polar surface area (TPSA) is 66.5 Å². The lowest BCUT2D eigenvalue weighted by atomic mass is 10.1. The molecule has 5 nitrogen and oxygen atoms in total. The number of carbonyl (C=O) groups excluding carboxylic acids is 1. The molecule has 21 heavy (non-hydrogen) atoms. The standard InChI is InChI=1S/C14H21FN2O3S/c1-14(2,3)17(21(4,19)20)10-9-13(18)16-12-8-6-5-7-11(12)15/h5-8H,9-10H2,1-4H3,(H,16,18). The van der Waals surface area contributed by atoms with Crippen LogP contribution >= 0.6 is 0 Å². The summed E-state index contributed by atoms with van der Waals surface area (Å²) < 4.78 is 38.1. The molecule has 0 saturated heterocycles.